The van der Waals surface area contributed by atoms with Gasteiger partial charge in [-0.15, -0.1) is 5.10 Å². The van der Waals surface area contributed by atoms with E-state index in [0.717, 1.165) is 25.0 Å². The van der Waals surface area contributed by atoms with Gasteiger partial charge in [-0.2, -0.15) is 0 Å². The number of nitrogens with zero attached hydrogens (tertiary/aromatic N) is 4. The molecule has 1 heterocycles. The zero-order valence-corrected chi connectivity index (χ0v) is 11.5. The molecular weight excluding hydrogens is 282 g/mol. The number of benzene rings is 1. The Balaban J connectivity index is 2.30. The van der Waals surface area contributed by atoms with E-state index in [1.54, 1.807) is 12.3 Å². The summed E-state index contributed by atoms with van der Waals surface area (Å²) in [6.45, 7) is 0.629. The molecule has 0 atom stereocenters. The van der Waals surface area contributed by atoms with Crippen LogP contribution in [0.15, 0.2) is 24.4 Å². The Morgan fingerprint density at radius 1 is 1.40 bits per heavy atom. The molecule has 1 aromatic carbocycles. The molecule has 2 N–H and O–H groups in total. The summed E-state index contributed by atoms with van der Waals surface area (Å²) in [5.41, 5.74) is 6.32. The van der Waals surface area contributed by atoms with E-state index in [1.807, 2.05) is 0 Å². The molecule has 7 nitrogen and oxygen atoms in total. The number of rotatable bonds is 6. The number of hydrogen-bond acceptors (Lipinski definition) is 5. The largest absolute Gasteiger partial charge is 0.330 e. The Labute approximate surface area is 120 Å². The van der Waals surface area contributed by atoms with Crippen LogP contribution < -0.4 is 5.73 Å². The molecule has 0 fully saturated rings. The molecule has 0 bridgehead atoms. The van der Waals surface area contributed by atoms with Crippen molar-refractivity contribution >= 4 is 17.3 Å². The van der Waals surface area contributed by atoms with Crippen LogP contribution in [0.1, 0.15) is 18.5 Å². The Morgan fingerprint density at radius 3 is 2.90 bits per heavy atom. The number of nitrogens with two attached hydrogens (primary N) is 1. The van der Waals surface area contributed by atoms with Crippen molar-refractivity contribution in [1.82, 2.24) is 15.0 Å². The fourth-order valence-electron chi connectivity index (χ4n) is 1.85. The van der Waals surface area contributed by atoms with E-state index in [0.29, 0.717) is 6.54 Å². The van der Waals surface area contributed by atoms with E-state index in [4.69, 9.17) is 17.3 Å². The summed E-state index contributed by atoms with van der Waals surface area (Å²) >= 11 is 6.03. The zero-order valence-electron chi connectivity index (χ0n) is 10.7. The van der Waals surface area contributed by atoms with Crippen molar-refractivity contribution in [2.75, 3.05) is 6.54 Å². The van der Waals surface area contributed by atoms with E-state index in [9.17, 15) is 10.1 Å². The lowest BCUT2D eigenvalue weighted by atomic mass is 10.2. The average molecular weight is 296 g/mol. The second-order valence-corrected chi connectivity index (χ2v) is 4.67. The van der Waals surface area contributed by atoms with Crippen molar-refractivity contribution in [3.63, 3.8) is 0 Å². The summed E-state index contributed by atoms with van der Waals surface area (Å²) in [6, 6.07) is 4.50. The Morgan fingerprint density at radius 2 is 2.20 bits per heavy atom. The third-order valence-corrected chi connectivity index (χ3v) is 3.12. The highest BCUT2D eigenvalue weighted by Gasteiger charge is 2.19. The van der Waals surface area contributed by atoms with Gasteiger partial charge in [0.15, 0.2) is 5.69 Å². The summed E-state index contributed by atoms with van der Waals surface area (Å²) in [5, 5.41) is 19.2. The predicted molar refractivity (Wildman–Crippen MR) is 75.0 cm³/mol. The first kappa shape index (κ1) is 14.4. The van der Waals surface area contributed by atoms with Crippen molar-refractivity contribution in [2.45, 2.75) is 19.3 Å². The maximum atomic E-state index is 11.0. The normalized spacial score (nSPS) is 10.7. The highest BCUT2D eigenvalue weighted by atomic mass is 35.5. The van der Waals surface area contributed by atoms with E-state index in [-0.39, 0.29) is 16.4 Å². The predicted octanol–water partition coefficient (Wildman–Crippen LogP) is 2.11. The smallest absolute Gasteiger partial charge is 0.296 e. The van der Waals surface area contributed by atoms with Gasteiger partial charge in [0.05, 0.1) is 21.8 Å². The standard InChI is InChI=1S/C12H14ClN5O2/c13-10-5-3-6-11(18(19)20)12(10)17-8-9(15-16-17)4-1-2-7-14/h3,5-6,8H,1-2,4,7,14H2. The monoisotopic (exact) mass is 295 g/mol. The molecule has 0 saturated heterocycles. The molecule has 2 rings (SSSR count). The van der Waals surface area contributed by atoms with Gasteiger partial charge in [0.1, 0.15) is 0 Å². The summed E-state index contributed by atoms with van der Waals surface area (Å²) in [6.07, 6.45) is 4.19. The van der Waals surface area contributed by atoms with E-state index >= 15 is 0 Å². The number of para-hydroxylation sites is 1. The third kappa shape index (κ3) is 3.12. The molecule has 106 valence electrons. The SMILES string of the molecule is NCCCCc1cn(-c2c(Cl)cccc2[N+](=O)[O-])nn1. The van der Waals surface area contributed by atoms with Crippen LogP contribution in [-0.4, -0.2) is 26.5 Å². The lowest BCUT2D eigenvalue weighted by Crippen LogP contribution is -2.01. The number of aryl methyl sites for hydroxylation is 1. The van der Waals surface area contributed by atoms with Crippen LogP contribution in [0, 0.1) is 10.1 Å². The number of aromatic nitrogens is 3. The molecule has 0 unspecified atom stereocenters. The van der Waals surface area contributed by atoms with Crippen LogP contribution in [0.5, 0.6) is 0 Å². The Kier molecular flexibility index (Phi) is 4.65. The van der Waals surface area contributed by atoms with Crippen molar-refractivity contribution in [2.24, 2.45) is 5.73 Å². The molecule has 0 amide bonds. The number of halogens is 1. The maximum Gasteiger partial charge on any atom is 0.296 e. The minimum absolute atomic E-state index is 0.101. The molecule has 0 aliphatic carbocycles. The first-order valence-electron chi connectivity index (χ1n) is 6.18. The zero-order chi connectivity index (χ0) is 14.5. The van der Waals surface area contributed by atoms with Gasteiger partial charge in [-0.1, -0.05) is 22.9 Å². The van der Waals surface area contributed by atoms with Crippen LogP contribution in [0.2, 0.25) is 5.02 Å². The first-order valence-corrected chi connectivity index (χ1v) is 6.56. The van der Waals surface area contributed by atoms with Crippen LogP contribution >= 0.6 is 11.6 Å². The molecule has 8 heteroatoms. The maximum absolute atomic E-state index is 11.0. The lowest BCUT2D eigenvalue weighted by Gasteiger charge is -2.03. The molecule has 0 aliphatic rings. The third-order valence-electron chi connectivity index (χ3n) is 2.82. The summed E-state index contributed by atoms with van der Waals surface area (Å²) in [4.78, 5) is 10.5. The van der Waals surface area contributed by atoms with Gasteiger partial charge in [-0.3, -0.25) is 10.1 Å². The first-order chi connectivity index (χ1) is 9.63. The molecule has 0 spiro atoms. The average Bonchev–Trinajstić information content (AvgIpc) is 2.87. The van der Waals surface area contributed by atoms with Crippen LogP contribution in [0.4, 0.5) is 5.69 Å². The Hall–Kier alpha value is -1.99. The molecule has 20 heavy (non-hydrogen) atoms. The minimum Gasteiger partial charge on any atom is -0.330 e. The molecular formula is C12H14ClN5O2. The fourth-order valence-corrected chi connectivity index (χ4v) is 2.11. The molecule has 0 aliphatic heterocycles. The van der Waals surface area contributed by atoms with Crippen LogP contribution in [0.25, 0.3) is 5.69 Å². The van der Waals surface area contributed by atoms with Gasteiger partial charge < -0.3 is 5.73 Å². The molecule has 0 radical (unpaired) electrons. The highest BCUT2D eigenvalue weighted by molar-refractivity contribution is 6.32. The Bertz CT molecular complexity index is 614. The lowest BCUT2D eigenvalue weighted by molar-refractivity contribution is -0.384. The van der Waals surface area contributed by atoms with Gasteiger partial charge in [-0.25, -0.2) is 4.68 Å². The van der Waals surface area contributed by atoms with Gasteiger partial charge in [0, 0.05) is 6.07 Å². The summed E-state index contributed by atoms with van der Waals surface area (Å²) < 4.78 is 1.35. The quantitative estimate of drug-likeness (QED) is 0.500. The van der Waals surface area contributed by atoms with Crippen molar-refractivity contribution in [3.05, 3.63) is 45.2 Å². The number of nitro groups is 1. The van der Waals surface area contributed by atoms with E-state index in [1.165, 1.54) is 16.8 Å². The fraction of sp³-hybridized carbons (Fsp3) is 0.333. The second kappa shape index (κ2) is 6.44. The topological polar surface area (TPSA) is 99.9 Å². The van der Waals surface area contributed by atoms with E-state index in [2.05, 4.69) is 10.3 Å². The molecule has 2 aromatic rings. The van der Waals surface area contributed by atoms with Crippen molar-refractivity contribution in [1.29, 1.82) is 0 Å². The van der Waals surface area contributed by atoms with Crippen molar-refractivity contribution < 1.29 is 4.92 Å². The van der Waals surface area contributed by atoms with Gasteiger partial charge >= 0.3 is 0 Å². The van der Waals surface area contributed by atoms with Gasteiger partial charge in [0.25, 0.3) is 5.69 Å². The highest BCUT2D eigenvalue weighted by Crippen LogP contribution is 2.29. The van der Waals surface area contributed by atoms with Crippen molar-refractivity contribution in [3.8, 4) is 5.69 Å². The van der Waals surface area contributed by atoms with Crippen LogP contribution in [0.3, 0.4) is 0 Å². The van der Waals surface area contributed by atoms with Gasteiger partial charge in [-0.05, 0) is 31.9 Å². The summed E-state index contributed by atoms with van der Waals surface area (Å²) in [5.74, 6) is 0. The van der Waals surface area contributed by atoms with Crippen LogP contribution in [-0.2, 0) is 6.42 Å². The molecule has 0 saturated carbocycles. The number of hydrogen-bond donors (Lipinski definition) is 1. The number of nitro benzene ring substituents is 1. The second-order valence-electron chi connectivity index (χ2n) is 4.26. The molecule has 1 aromatic heterocycles. The summed E-state index contributed by atoms with van der Waals surface area (Å²) in [7, 11) is 0. The van der Waals surface area contributed by atoms with E-state index < -0.39 is 4.92 Å². The number of unbranched alkanes of at least 4 members (excludes halogenated alkanes) is 1. The minimum atomic E-state index is -0.489. The van der Waals surface area contributed by atoms with Gasteiger partial charge in [0.2, 0.25) is 0 Å².